The predicted octanol–water partition coefficient (Wildman–Crippen LogP) is 4.44. The molecule has 2 aromatic carbocycles. The number of nitrogens with zero attached hydrogens (tertiary/aromatic N) is 1. The molecule has 0 amide bonds. The fourth-order valence-corrected chi connectivity index (χ4v) is 3.80. The maximum absolute atomic E-state index is 11.6. The van der Waals surface area contributed by atoms with Crippen molar-refractivity contribution in [2.45, 2.75) is 24.8 Å². The summed E-state index contributed by atoms with van der Waals surface area (Å²) in [5, 5.41) is 10.6. The van der Waals surface area contributed by atoms with Gasteiger partial charge in [-0.3, -0.25) is 0 Å². The number of rotatable bonds is 5. The largest absolute Gasteiger partial charge is 0.480 e. The van der Waals surface area contributed by atoms with E-state index in [9.17, 15) is 18.3 Å². The first-order valence-corrected chi connectivity index (χ1v) is 10.4. The Bertz CT molecular complexity index is 1130. The SMILES string of the molecule is Cc1c(Oc2ccc(S(C)(=O)=O)cc2)c2cc(Cl)ccc2n1C(C)C(=O)O. The molecule has 1 unspecified atom stereocenters. The van der Waals surface area contributed by atoms with Crippen LogP contribution in [0.5, 0.6) is 11.5 Å². The van der Waals surface area contributed by atoms with Crippen LogP contribution in [0, 0.1) is 6.92 Å². The van der Waals surface area contributed by atoms with Crippen LogP contribution in [0.15, 0.2) is 47.4 Å². The number of hydrogen-bond donors (Lipinski definition) is 1. The average Bonchev–Trinajstić information content (AvgIpc) is 2.85. The highest BCUT2D eigenvalue weighted by Crippen LogP contribution is 2.39. The Morgan fingerprint density at radius 1 is 1.19 bits per heavy atom. The third kappa shape index (κ3) is 3.65. The van der Waals surface area contributed by atoms with Crippen molar-refractivity contribution in [1.29, 1.82) is 0 Å². The number of carboxylic acids is 1. The summed E-state index contributed by atoms with van der Waals surface area (Å²) in [7, 11) is -3.30. The van der Waals surface area contributed by atoms with Crippen molar-refractivity contribution in [1.82, 2.24) is 4.57 Å². The molecule has 1 aromatic heterocycles. The Hall–Kier alpha value is -2.51. The monoisotopic (exact) mass is 407 g/mol. The number of benzene rings is 2. The molecule has 6 nitrogen and oxygen atoms in total. The van der Waals surface area contributed by atoms with Gasteiger partial charge in [0, 0.05) is 16.7 Å². The molecule has 0 aliphatic heterocycles. The van der Waals surface area contributed by atoms with Crippen LogP contribution in [0.1, 0.15) is 18.7 Å². The van der Waals surface area contributed by atoms with Crippen LogP contribution in [0.2, 0.25) is 5.02 Å². The van der Waals surface area contributed by atoms with Gasteiger partial charge < -0.3 is 14.4 Å². The van der Waals surface area contributed by atoms with Gasteiger partial charge in [-0.2, -0.15) is 0 Å². The first kappa shape index (κ1) is 19.3. The van der Waals surface area contributed by atoms with E-state index in [-0.39, 0.29) is 4.90 Å². The van der Waals surface area contributed by atoms with Crippen molar-refractivity contribution >= 4 is 38.3 Å². The summed E-state index contributed by atoms with van der Waals surface area (Å²) in [6.07, 6.45) is 1.13. The van der Waals surface area contributed by atoms with E-state index in [2.05, 4.69) is 0 Å². The van der Waals surface area contributed by atoms with E-state index in [0.29, 0.717) is 33.1 Å². The second-order valence-electron chi connectivity index (χ2n) is 6.31. The van der Waals surface area contributed by atoms with Crippen LogP contribution in [0.4, 0.5) is 0 Å². The molecule has 0 fully saturated rings. The van der Waals surface area contributed by atoms with Gasteiger partial charge in [0.15, 0.2) is 15.6 Å². The van der Waals surface area contributed by atoms with E-state index in [1.54, 1.807) is 48.7 Å². The third-order valence-electron chi connectivity index (χ3n) is 4.37. The van der Waals surface area contributed by atoms with Gasteiger partial charge in [0.25, 0.3) is 0 Å². The number of carboxylic acid groups (broad SMARTS) is 1. The molecule has 0 saturated carbocycles. The summed E-state index contributed by atoms with van der Waals surface area (Å²) < 4.78 is 30.9. The summed E-state index contributed by atoms with van der Waals surface area (Å²) in [6.45, 7) is 3.36. The molecular formula is C19H18ClNO5S. The molecular weight excluding hydrogens is 390 g/mol. The summed E-state index contributed by atoms with van der Waals surface area (Å²) in [5.74, 6) is -0.0470. The van der Waals surface area contributed by atoms with Crippen LogP contribution in [-0.4, -0.2) is 30.3 Å². The number of carbonyl (C=O) groups is 1. The standard InChI is InChI=1S/C19H18ClNO5S/c1-11-18(26-14-5-7-15(8-6-14)27(3,24)25)16-10-13(20)4-9-17(16)21(11)12(2)19(22)23/h4-10,12H,1-3H3,(H,22,23). The predicted molar refractivity (Wildman–Crippen MR) is 104 cm³/mol. The molecule has 3 aromatic rings. The fraction of sp³-hybridized carbons (Fsp3) is 0.211. The molecule has 1 heterocycles. The van der Waals surface area contributed by atoms with E-state index in [1.807, 2.05) is 0 Å². The third-order valence-corrected chi connectivity index (χ3v) is 5.73. The molecule has 142 valence electrons. The zero-order valence-electron chi connectivity index (χ0n) is 14.9. The van der Waals surface area contributed by atoms with Gasteiger partial charge >= 0.3 is 5.97 Å². The van der Waals surface area contributed by atoms with Crippen molar-refractivity contribution in [3.8, 4) is 11.5 Å². The summed E-state index contributed by atoms with van der Waals surface area (Å²) in [5.41, 5.74) is 1.32. The molecule has 1 N–H and O–H groups in total. The number of halogens is 1. The van der Waals surface area contributed by atoms with E-state index in [4.69, 9.17) is 16.3 Å². The minimum Gasteiger partial charge on any atom is -0.480 e. The van der Waals surface area contributed by atoms with E-state index in [0.717, 1.165) is 6.26 Å². The van der Waals surface area contributed by atoms with Gasteiger partial charge in [0.2, 0.25) is 0 Å². The van der Waals surface area contributed by atoms with Gasteiger partial charge in [0.05, 0.1) is 16.1 Å². The Kier molecular flexibility index (Phi) is 4.92. The van der Waals surface area contributed by atoms with Crippen LogP contribution < -0.4 is 4.74 Å². The Balaban J connectivity index is 2.12. The minimum absolute atomic E-state index is 0.191. The maximum Gasteiger partial charge on any atom is 0.326 e. The van der Waals surface area contributed by atoms with Gasteiger partial charge in [0.1, 0.15) is 11.8 Å². The zero-order valence-corrected chi connectivity index (χ0v) is 16.5. The molecule has 0 spiro atoms. The second-order valence-corrected chi connectivity index (χ2v) is 8.76. The van der Waals surface area contributed by atoms with E-state index < -0.39 is 21.8 Å². The highest BCUT2D eigenvalue weighted by molar-refractivity contribution is 7.90. The summed E-state index contributed by atoms with van der Waals surface area (Å²) in [4.78, 5) is 11.7. The molecule has 8 heteroatoms. The van der Waals surface area contributed by atoms with Crippen LogP contribution >= 0.6 is 11.6 Å². The quantitative estimate of drug-likeness (QED) is 0.675. The first-order valence-electron chi connectivity index (χ1n) is 8.10. The topological polar surface area (TPSA) is 85.6 Å². The molecule has 0 saturated heterocycles. The van der Waals surface area contributed by atoms with Gasteiger partial charge in [-0.1, -0.05) is 11.6 Å². The number of fused-ring (bicyclic) bond motifs is 1. The van der Waals surface area contributed by atoms with Crippen LogP contribution in [-0.2, 0) is 14.6 Å². The van der Waals surface area contributed by atoms with Crippen molar-refractivity contribution in [3.63, 3.8) is 0 Å². The smallest absolute Gasteiger partial charge is 0.326 e. The van der Waals surface area contributed by atoms with E-state index >= 15 is 0 Å². The molecule has 0 bridgehead atoms. The zero-order chi connectivity index (χ0) is 19.9. The minimum atomic E-state index is -3.30. The summed E-state index contributed by atoms with van der Waals surface area (Å²) >= 11 is 6.12. The molecule has 27 heavy (non-hydrogen) atoms. The fourth-order valence-electron chi connectivity index (χ4n) is 3.00. The van der Waals surface area contributed by atoms with Crippen molar-refractivity contribution in [2.75, 3.05) is 6.26 Å². The second kappa shape index (κ2) is 6.90. The average molecular weight is 408 g/mol. The van der Waals surface area contributed by atoms with E-state index in [1.165, 1.54) is 12.1 Å². The highest BCUT2D eigenvalue weighted by Gasteiger charge is 2.23. The lowest BCUT2D eigenvalue weighted by Crippen LogP contribution is -2.16. The Labute approximate surface area is 161 Å². The van der Waals surface area contributed by atoms with Crippen molar-refractivity contribution < 1.29 is 23.1 Å². The van der Waals surface area contributed by atoms with Gasteiger partial charge in [-0.05, 0) is 56.3 Å². The number of aromatic nitrogens is 1. The normalized spacial score (nSPS) is 12.9. The van der Waals surface area contributed by atoms with Gasteiger partial charge in [-0.25, -0.2) is 13.2 Å². The van der Waals surface area contributed by atoms with Crippen LogP contribution in [0.3, 0.4) is 0 Å². The molecule has 1 atom stereocenters. The van der Waals surface area contributed by atoms with Gasteiger partial charge in [-0.15, -0.1) is 0 Å². The lowest BCUT2D eigenvalue weighted by atomic mass is 10.2. The lowest BCUT2D eigenvalue weighted by Gasteiger charge is -2.13. The molecule has 0 aliphatic rings. The number of sulfone groups is 1. The van der Waals surface area contributed by atoms with Crippen LogP contribution in [0.25, 0.3) is 10.9 Å². The molecule has 3 rings (SSSR count). The maximum atomic E-state index is 11.6. The number of hydrogen-bond acceptors (Lipinski definition) is 4. The Morgan fingerprint density at radius 2 is 1.81 bits per heavy atom. The summed E-state index contributed by atoms with van der Waals surface area (Å²) in [6, 6.07) is 10.4. The highest BCUT2D eigenvalue weighted by atomic mass is 35.5. The van der Waals surface area contributed by atoms with Crippen molar-refractivity contribution in [2.24, 2.45) is 0 Å². The lowest BCUT2D eigenvalue weighted by molar-refractivity contribution is -0.140. The number of aliphatic carboxylic acids is 1. The molecule has 0 radical (unpaired) electrons. The van der Waals surface area contributed by atoms with Crippen molar-refractivity contribution in [3.05, 3.63) is 53.2 Å². The molecule has 0 aliphatic carbocycles. The first-order chi connectivity index (χ1) is 12.6. The Morgan fingerprint density at radius 3 is 2.37 bits per heavy atom. The number of ether oxygens (including phenoxy) is 1.